The Bertz CT molecular complexity index is 1040. The predicted octanol–water partition coefficient (Wildman–Crippen LogP) is 2.06. The molecule has 2 heterocycles. The van der Waals surface area contributed by atoms with Crippen molar-refractivity contribution in [3.63, 3.8) is 0 Å². The van der Waals surface area contributed by atoms with Crippen LogP contribution in [0.15, 0.2) is 18.2 Å². The molecule has 0 saturated heterocycles. The molecule has 3 rings (SSSR count). The van der Waals surface area contributed by atoms with Crippen LogP contribution in [0.25, 0.3) is 11.6 Å². The van der Waals surface area contributed by atoms with Gasteiger partial charge in [-0.05, 0) is 50.6 Å². The summed E-state index contributed by atoms with van der Waals surface area (Å²) in [6, 6.07) is 3.34. The zero-order valence-electron chi connectivity index (χ0n) is 16.4. The molecule has 9 heteroatoms. The van der Waals surface area contributed by atoms with Gasteiger partial charge >= 0.3 is 5.97 Å². The van der Waals surface area contributed by atoms with E-state index >= 15 is 0 Å². The molecule has 1 atom stereocenters. The molecular formula is C20H21FN4O4. The molecule has 1 aliphatic rings. The number of rotatable bonds is 5. The van der Waals surface area contributed by atoms with Gasteiger partial charge in [-0.15, -0.1) is 0 Å². The van der Waals surface area contributed by atoms with Gasteiger partial charge in [0.15, 0.2) is 0 Å². The number of aromatic nitrogens is 1. The van der Waals surface area contributed by atoms with Crippen LogP contribution in [0.1, 0.15) is 39.8 Å². The van der Waals surface area contributed by atoms with Crippen LogP contribution in [0.3, 0.4) is 0 Å². The van der Waals surface area contributed by atoms with Crippen LogP contribution in [-0.4, -0.2) is 35.9 Å². The summed E-state index contributed by atoms with van der Waals surface area (Å²) in [7, 11) is 1.26. The van der Waals surface area contributed by atoms with Crippen molar-refractivity contribution < 1.29 is 23.5 Å². The number of aryl methyl sites for hydroxylation is 1. The summed E-state index contributed by atoms with van der Waals surface area (Å²) in [5.74, 6) is -1.76. The molecular weight excluding hydrogens is 379 g/mol. The standard InChI is InChI=1S/C20H21FN4O4/c1-9-16(8-14-13-7-12(21)5-6-15(13)23-18(14)26)22-10(2)17(9)19(27)25-24-11(3)20(28)29-4/h5-8,11,22,24H,1-4H3,(H,23,26)(H,25,27)/b14-8-. The van der Waals surface area contributed by atoms with E-state index in [2.05, 4.69) is 25.9 Å². The first-order chi connectivity index (χ1) is 13.7. The topological polar surface area (TPSA) is 112 Å². The van der Waals surface area contributed by atoms with E-state index in [9.17, 15) is 18.8 Å². The monoisotopic (exact) mass is 400 g/mol. The lowest BCUT2D eigenvalue weighted by Gasteiger charge is -2.12. The second-order valence-electron chi connectivity index (χ2n) is 6.71. The highest BCUT2D eigenvalue weighted by Crippen LogP contribution is 2.34. The highest BCUT2D eigenvalue weighted by atomic mass is 19.1. The van der Waals surface area contributed by atoms with Gasteiger partial charge in [0.1, 0.15) is 11.9 Å². The van der Waals surface area contributed by atoms with Gasteiger partial charge in [0, 0.05) is 22.6 Å². The van der Waals surface area contributed by atoms with E-state index < -0.39 is 23.7 Å². The minimum Gasteiger partial charge on any atom is -0.468 e. The van der Waals surface area contributed by atoms with Gasteiger partial charge in [-0.1, -0.05) is 0 Å². The largest absolute Gasteiger partial charge is 0.468 e. The smallest absolute Gasteiger partial charge is 0.324 e. The molecule has 1 aromatic heterocycles. The molecule has 29 heavy (non-hydrogen) atoms. The van der Waals surface area contributed by atoms with Crippen molar-refractivity contribution in [2.45, 2.75) is 26.8 Å². The molecule has 0 saturated carbocycles. The number of anilines is 1. The number of hydrazine groups is 1. The molecule has 1 aliphatic heterocycles. The summed E-state index contributed by atoms with van der Waals surface area (Å²) in [5.41, 5.74) is 8.47. The SMILES string of the molecule is COC(=O)C(C)NNC(=O)c1c(C)[nH]c(/C=C2\C(=O)Nc3ccc(F)cc32)c1C. The quantitative estimate of drug-likeness (QED) is 0.349. The Hall–Kier alpha value is -3.46. The fourth-order valence-electron chi connectivity index (χ4n) is 3.18. The van der Waals surface area contributed by atoms with E-state index in [-0.39, 0.29) is 5.91 Å². The van der Waals surface area contributed by atoms with Crippen molar-refractivity contribution in [2.75, 3.05) is 12.4 Å². The number of ether oxygens (including phenoxy) is 1. The fourth-order valence-corrected chi connectivity index (χ4v) is 3.18. The Balaban J connectivity index is 1.88. The third-order valence-electron chi connectivity index (χ3n) is 4.71. The van der Waals surface area contributed by atoms with Crippen LogP contribution < -0.4 is 16.2 Å². The maximum absolute atomic E-state index is 13.6. The minimum absolute atomic E-state index is 0.299. The van der Waals surface area contributed by atoms with Crippen molar-refractivity contribution in [1.29, 1.82) is 0 Å². The maximum atomic E-state index is 13.6. The zero-order chi connectivity index (χ0) is 21.3. The third-order valence-corrected chi connectivity index (χ3v) is 4.71. The van der Waals surface area contributed by atoms with E-state index in [0.717, 1.165) is 0 Å². The molecule has 0 radical (unpaired) electrons. The molecule has 0 fully saturated rings. The number of fused-ring (bicyclic) bond motifs is 1. The zero-order valence-corrected chi connectivity index (χ0v) is 16.4. The molecule has 1 unspecified atom stereocenters. The average molecular weight is 400 g/mol. The van der Waals surface area contributed by atoms with Crippen LogP contribution in [0.4, 0.5) is 10.1 Å². The number of benzene rings is 1. The Labute approximate surface area is 166 Å². The lowest BCUT2D eigenvalue weighted by Crippen LogP contribution is -2.47. The molecule has 152 valence electrons. The molecule has 1 aromatic carbocycles. The fraction of sp³-hybridized carbons (Fsp3) is 0.250. The van der Waals surface area contributed by atoms with Crippen LogP contribution in [-0.2, 0) is 14.3 Å². The van der Waals surface area contributed by atoms with Crippen molar-refractivity contribution >= 4 is 35.1 Å². The number of hydrogen-bond acceptors (Lipinski definition) is 5. The molecule has 2 aromatic rings. The van der Waals surface area contributed by atoms with Gasteiger partial charge < -0.3 is 15.0 Å². The van der Waals surface area contributed by atoms with E-state index in [0.29, 0.717) is 39.3 Å². The number of nitrogens with one attached hydrogen (secondary N) is 4. The van der Waals surface area contributed by atoms with Gasteiger partial charge in [0.05, 0.1) is 18.2 Å². The highest BCUT2D eigenvalue weighted by Gasteiger charge is 2.26. The van der Waals surface area contributed by atoms with Gasteiger partial charge in [-0.3, -0.25) is 19.8 Å². The Morgan fingerprint density at radius 3 is 2.69 bits per heavy atom. The molecule has 4 N–H and O–H groups in total. The van der Waals surface area contributed by atoms with Crippen LogP contribution >= 0.6 is 0 Å². The lowest BCUT2D eigenvalue weighted by molar-refractivity contribution is -0.142. The second kappa shape index (κ2) is 7.88. The van der Waals surface area contributed by atoms with E-state index in [1.54, 1.807) is 26.8 Å². The van der Waals surface area contributed by atoms with E-state index in [4.69, 9.17) is 0 Å². The predicted molar refractivity (Wildman–Crippen MR) is 105 cm³/mol. The van der Waals surface area contributed by atoms with Crippen LogP contribution in [0.5, 0.6) is 0 Å². The number of halogens is 1. The Morgan fingerprint density at radius 1 is 1.28 bits per heavy atom. The summed E-state index contributed by atoms with van der Waals surface area (Å²) < 4.78 is 18.2. The number of esters is 1. The summed E-state index contributed by atoms with van der Waals surface area (Å²) in [4.78, 5) is 39.4. The molecule has 8 nitrogen and oxygen atoms in total. The summed E-state index contributed by atoms with van der Waals surface area (Å²) in [6.45, 7) is 5.00. The molecule has 2 amide bonds. The number of methoxy groups -OCH3 is 1. The third kappa shape index (κ3) is 3.90. The number of carbonyl (C=O) groups is 3. The van der Waals surface area contributed by atoms with Crippen molar-refractivity contribution in [3.05, 3.63) is 52.1 Å². The van der Waals surface area contributed by atoms with E-state index in [1.165, 1.54) is 25.3 Å². The second-order valence-corrected chi connectivity index (χ2v) is 6.71. The number of H-pyrrole nitrogens is 1. The first-order valence-corrected chi connectivity index (χ1v) is 8.88. The molecule has 0 bridgehead atoms. The van der Waals surface area contributed by atoms with Crippen LogP contribution in [0, 0.1) is 19.7 Å². The Kier molecular flexibility index (Phi) is 5.51. The number of hydrogen-bond donors (Lipinski definition) is 4. The normalized spacial score (nSPS) is 15.1. The number of amides is 2. The molecule has 0 spiro atoms. The molecule has 0 aliphatic carbocycles. The maximum Gasteiger partial charge on any atom is 0.324 e. The lowest BCUT2D eigenvalue weighted by atomic mass is 10.0. The summed E-state index contributed by atoms with van der Waals surface area (Å²) >= 11 is 0. The van der Waals surface area contributed by atoms with Crippen LogP contribution in [0.2, 0.25) is 0 Å². The first-order valence-electron chi connectivity index (χ1n) is 8.88. The van der Waals surface area contributed by atoms with Gasteiger partial charge in [-0.25, -0.2) is 9.82 Å². The van der Waals surface area contributed by atoms with E-state index in [1.807, 2.05) is 0 Å². The summed E-state index contributed by atoms with van der Waals surface area (Å²) in [5, 5.41) is 2.69. The highest BCUT2D eigenvalue weighted by molar-refractivity contribution is 6.34. The summed E-state index contributed by atoms with van der Waals surface area (Å²) in [6.07, 6.45) is 1.59. The van der Waals surface area contributed by atoms with Crippen molar-refractivity contribution in [3.8, 4) is 0 Å². The Morgan fingerprint density at radius 2 is 2.00 bits per heavy atom. The number of aromatic amines is 1. The van der Waals surface area contributed by atoms with Gasteiger partial charge in [0.2, 0.25) is 0 Å². The minimum atomic E-state index is -0.723. The first kappa shape index (κ1) is 20.3. The number of carbonyl (C=O) groups excluding carboxylic acids is 3. The van der Waals surface area contributed by atoms with Gasteiger partial charge in [-0.2, -0.15) is 0 Å². The average Bonchev–Trinajstić information content (AvgIpc) is 3.14. The van der Waals surface area contributed by atoms with Crippen molar-refractivity contribution in [2.24, 2.45) is 0 Å². The van der Waals surface area contributed by atoms with Gasteiger partial charge in [0.25, 0.3) is 11.8 Å². The van der Waals surface area contributed by atoms with Crippen molar-refractivity contribution in [1.82, 2.24) is 15.8 Å².